The number of rotatable bonds is 7. The first-order chi connectivity index (χ1) is 11.0. The Morgan fingerprint density at radius 2 is 1.78 bits per heavy atom. The van der Waals surface area contributed by atoms with E-state index in [4.69, 9.17) is 0 Å². The van der Waals surface area contributed by atoms with Gasteiger partial charge in [-0.3, -0.25) is 9.69 Å². The lowest BCUT2D eigenvalue weighted by Gasteiger charge is -2.34. The third-order valence-electron chi connectivity index (χ3n) is 3.87. The van der Waals surface area contributed by atoms with Gasteiger partial charge in [0.15, 0.2) is 0 Å². The highest BCUT2D eigenvalue weighted by molar-refractivity contribution is 7.87. The summed E-state index contributed by atoms with van der Waals surface area (Å²) in [5.41, 5.74) is 1.27. The minimum atomic E-state index is -3.47. The second-order valence-corrected chi connectivity index (χ2v) is 7.20. The van der Waals surface area contributed by atoms with Gasteiger partial charge in [-0.05, 0) is 5.56 Å². The molecule has 0 atom stereocenters. The SMILES string of the molecule is CNS(=O)(=O)NCCC(=O)N1CCN(Cc2ccccc2)CC1. The Kier molecular flexibility index (Phi) is 6.52. The van der Waals surface area contributed by atoms with Gasteiger partial charge in [-0.1, -0.05) is 30.3 Å². The summed E-state index contributed by atoms with van der Waals surface area (Å²) in [5, 5.41) is 0. The van der Waals surface area contributed by atoms with E-state index < -0.39 is 10.2 Å². The first-order valence-electron chi connectivity index (χ1n) is 7.72. The molecule has 2 rings (SSSR count). The van der Waals surface area contributed by atoms with Crippen molar-refractivity contribution in [3.05, 3.63) is 35.9 Å². The van der Waals surface area contributed by atoms with Crippen molar-refractivity contribution < 1.29 is 13.2 Å². The van der Waals surface area contributed by atoms with Gasteiger partial charge in [0.05, 0.1) is 0 Å². The number of benzene rings is 1. The van der Waals surface area contributed by atoms with Crippen molar-refractivity contribution in [1.29, 1.82) is 0 Å². The lowest BCUT2D eigenvalue weighted by molar-refractivity contribution is -0.132. The Morgan fingerprint density at radius 3 is 2.39 bits per heavy atom. The zero-order chi connectivity index (χ0) is 16.7. The molecule has 0 aliphatic carbocycles. The topological polar surface area (TPSA) is 81.8 Å². The molecule has 0 aromatic heterocycles. The Balaban J connectivity index is 1.70. The van der Waals surface area contributed by atoms with E-state index in [9.17, 15) is 13.2 Å². The van der Waals surface area contributed by atoms with Crippen LogP contribution in [-0.2, 0) is 21.5 Å². The molecule has 1 aliphatic rings. The summed E-state index contributed by atoms with van der Waals surface area (Å²) in [5.74, 6) is -0.0110. The van der Waals surface area contributed by atoms with Crippen LogP contribution in [0.25, 0.3) is 0 Å². The van der Waals surface area contributed by atoms with Crippen molar-refractivity contribution in [2.75, 3.05) is 39.8 Å². The van der Waals surface area contributed by atoms with Crippen LogP contribution in [0.5, 0.6) is 0 Å². The highest BCUT2D eigenvalue weighted by atomic mass is 32.2. The van der Waals surface area contributed by atoms with Gasteiger partial charge in [-0.2, -0.15) is 8.42 Å². The van der Waals surface area contributed by atoms with E-state index in [-0.39, 0.29) is 18.9 Å². The number of nitrogens with one attached hydrogen (secondary N) is 2. The summed E-state index contributed by atoms with van der Waals surface area (Å²) in [6.07, 6.45) is 0.180. The molecule has 0 spiro atoms. The van der Waals surface area contributed by atoms with Gasteiger partial charge in [0.25, 0.3) is 10.2 Å². The second kappa shape index (κ2) is 8.39. The molecule has 1 aromatic rings. The van der Waals surface area contributed by atoms with Crippen molar-refractivity contribution in [3.8, 4) is 0 Å². The zero-order valence-corrected chi connectivity index (χ0v) is 14.2. The largest absolute Gasteiger partial charge is 0.340 e. The number of nitrogens with zero attached hydrogens (tertiary/aromatic N) is 2. The average molecular weight is 340 g/mol. The van der Waals surface area contributed by atoms with Crippen molar-refractivity contribution in [1.82, 2.24) is 19.2 Å². The molecule has 1 saturated heterocycles. The second-order valence-electron chi connectivity index (χ2n) is 5.49. The molecule has 8 heteroatoms. The summed E-state index contributed by atoms with van der Waals surface area (Å²) in [6.45, 7) is 4.05. The van der Waals surface area contributed by atoms with Crippen molar-refractivity contribution in [3.63, 3.8) is 0 Å². The molecule has 0 radical (unpaired) electrons. The number of hydrogen-bond acceptors (Lipinski definition) is 4. The summed E-state index contributed by atoms with van der Waals surface area (Å²) in [7, 11) is -2.14. The number of piperazine rings is 1. The molecular formula is C15H24N4O3S. The number of carbonyl (C=O) groups excluding carboxylic acids is 1. The van der Waals surface area contributed by atoms with Crippen molar-refractivity contribution in [2.24, 2.45) is 0 Å². The summed E-state index contributed by atoms with van der Waals surface area (Å²) < 4.78 is 26.9. The van der Waals surface area contributed by atoms with Crippen LogP contribution >= 0.6 is 0 Å². The van der Waals surface area contributed by atoms with E-state index in [1.807, 2.05) is 18.2 Å². The molecule has 0 bridgehead atoms. The summed E-state index contributed by atoms with van der Waals surface area (Å²) in [6, 6.07) is 10.3. The molecule has 1 aliphatic heterocycles. The molecule has 23 heavy (non-hydrogen) atoms. The highest BCUT2D eigenvalue weighted by Crippen LogP contribution is 2.09. The van der Waals surface area contributed by atoms with Crippen LogP contribution in [0.3, 0.4) is 0 Å². The van der Waals surface area contributed by atoms with Crippen LogP contribution in [0, 0.1) is 0 Å². The molecule has 1 fully saturated rings. The summed E-state index contributed by atoms with van der Waals surface area (Å²) in [4.78, 5) is 16.2. The predicted octanol–water partition coefficient (Wildman–Crippen LogP) is -0.225. The molecular weight excluding hydrogens is 316 g/mol. The van der Waals surface area contributed by atoms with Gasteiger partial charge in [0, 0.05) is 52.7 Å². The third-order valence-corrected chi connectivity index (χ3v) is 5.00. The molecule has 1 heterocycles. The maximum atomic E-state index is 12.1. The van der Waals surface area contributed by atoms with Gasteiger partial charge in [-0.25, -0.2) is 9.44 Å². The molecule has 2 N–H and O–H groups in total. The van der Waals surface area contributed by atoms with Gasteiger partial charge < -0.3 is 4.90 Å². The minimum Gasteiger partial charge on any atom is -0.340 e. The maximum Gasteiger partial charge on any atom is 0.276 e. The van der Waals surface area contributed by atoms with Crippen LogP contribution in [0.2, 0.25) is 0 Å². The van der Waals surface area contributed by atoms with Gasteiger partial charge in [0.2, 0.25) is 5.91 Å². The molecule has 128 valence electrons. The Hall–Kier alpha value is -1.48. The maximum absolute atomic E-state index is 12.1. The average Bonchev–Trinajstić information content (AvgIpc) is 2.56. The van der Waals surface area contributed by atoms with E-state index in [0.29, 0.717) is 13.1 Å². The Labute approximate surface area is 137 Å². The number of hydrogen-bond donors (Lipinski definition) is 2. The molecule has 0 saturated carbocycles. The molecule has 7 nitrogen and oxygen atoms in total. The predicted molar refractivity (Wildman–Crippen MR) is 88.9 cm³/mol. The van der Waals surface area contributed by atoms with Crippen LogP contribution in [0.4, 0.5) is 0 Å². The van der Waals surface area contributed by atoms with E-state index in [0.717, 1.165) is 19.6 Å². The fourth-order valence-electron chi connectivity index (χ4n) is 2.52. The lowest BCUT2D eigenvalue weighted by Crippen LogP contribution is -2.49. The van der Waals surface area contributed by atoms with Gasteiger partial charge >= 0.3 is 0 Å². The standard InChI is InChI=1S/C15H24N4O3S/c1-16-23(21,22)17-8-7-15(20)19-11-9-18(10-12-19)13-14-5-3-2-4-6-14/h2-6,16-17H,7-13H2,1H3. The first-order valence-corrected chi connectivity index (χ1v) is 9.20. The van der Waals surface area contributed by atoms with E-state index >= 15 is 0 Å². The first kappa shape index (κ1) is 17.9. The quantitative estimate of drug-likeness (QED) is 0.719. The van der Waals surface area contributed by atoms with Crippen LogP contribution in [0.15, 0.2) is 30.3 Å². The third kappa shape index (κ3) is 5.91. The fourth-order valence-corrected chi connectivity index (χ4v) is 3.03. The van der Waals surface area contributed by atoms with Crippen LogP contribution < -0.4 is 9.44 Å². The van der Waals surface area contributed by atoms with Crippen LogP contribution in [0.1, 0.15) is 12.0 Å². The normalized spacial score (nSPS) is 16.5. The fraction of sp³-hybridized carbons (Fsp3) is 0.533. The monoisotopic (exact) mass is 340 g/mol. The summed E-state index contributed by atoms with van der Waals surface area (Å²) >= 11 is 0. The number of amides is 1. The molecule has 1 amide bonds. The van der Waals surface area contributed by atoms with Crippen LogP contribution in [-0.4, -0.2) is 63.9 Å². The van der Waals surface area contributed by atoms with Crippen molar-refractivity contribution in [2.45, 2.75) is 13.0 Å². The lowest BCUT2D eigenvalue weighted by atomic mass is 10.2. The van der Waals surface area contributed by atoms with Gasteiger partial charge in [-0.15, -0.1) is 0 Å². The zero-order valence-electron chi connectivity index (χ0n) is 13.4. The van der Waals surface area contributed by atoms with Crippen molar-refractivity contribution >= 4 is 16.1 Å². The van der Waals surface area contributed by atoms with E-state index in [2.05, 4.69) is 26.5 Å². The molecule has 1 aromatic carbocycles. The highest BCUT2D eigenvalue weighted by Gasteiger charge is 2.21. The van der Waals surface area contributed by atoms with E-state index in [1.54, 1.807) is 4.90 Å². The minimum absolute atomic E-state index is 0.0110. The number of carbonyl (C=O) groups is 1. The van der Waals surface area contributed by atoms with Gasteiger partial charge in [0.1, 0.15) is 0 Å². The Morgan fingerprint density at radius 1 is 1.13 bits per heavy atom. The Bertz CT molecular complexity index is 598. The van der Waals surface area contributed by atoms with E-state index in [1.165, 1.54) is 12.6 Å². The molecule has 0 unspecified atom stereocenters. The smallest absolute Gasteiger partial charge is 0.276 e.